The molecule has 1 N–H and O–H groups in total. The molecule has 16 heavy (non-hydrogen) atoms. The third kappa shape index (κ3) is 1.98. The summed E-state index contributed by atoms with van der Waals surface area (Å²) in [7, 11) is 0. The lowest BCUT2D eigenvalue weighted by atomic mass is 9.65. The molecule has 1 aromatic carbocycles. The highest BCUT2D eigenvalue weighted by molar-refractivity contribution is 9.10. The van der Waals surface area contributed by atoms with Crippen LogP contribution in [0.3, 0.4) is 0 Å². The van der Waals surface area contributed by atoms with Crippen molar-refractivity contribution < 1.29 is 14.3 Å². The van der Waals surface area contributed by atoms with Crippen molar-refractivity contribution in [3.8, 4) is 0 Å². The number of carboxylic acid groups (broad SMARTS) is 1. The average molecular weight is 287 g/mol. The number of halogens is 2. The van der Waals surface area contributed by atoms with Crippen LogP contribution in [0.15, 0.2) is 22.7 Å². The lowest BCUT2D eigenvalue weighted by Gasteiger charge is -2.37. The van der Waals surface area contributed by atoms with E-state index in [1.54, 1.807) is 12.1 Å². The number of carboxylic acids is 1. The topological polar surface area (TPSA) is 37.3 Å². The molecule has 0 amide bonds. The summed E-state index contributed by atoms with van der Waals surface area (Å²) in [5.41, 5.74) is 0.257. The summed E-state index contributed by atoms with van der Waals surface area (Å²) < 4.78 is 13.4. The zero-order valence-electron chi connectivity index (χ0n) is 8.67. The highest BCUT2D eigenvalue weighted by Gasteiger charge is 2.44. The quantitative estimate of drug-likeness (QED) is 0.925. The summed E-state index contributed by atoms with van der Waals surface area (Å²) in [5, 5.41) is 9.18. The molecule has 0 aliphatic heterocycles. The molecular weight excluding hydrogens is 275 g/mol. The van der Waals surface area contributed by atoms with Crippen LogP contribution in [-0.2, 0) is 11.2 Å². The summed E-state index contributed by atoms with van der Waals surface area (Å²) in [5.74, 6) is -1.05. The van der Waals surface area contributed by atoms with Crippen molar-refractivity contribution in [2.45, 2.75) is 25.7 Å². The van der Waals surface area contributed by atoms with Crippen LogP contribution < -0.4 is 0 Å². The van der Waals surface area contributed by atoms with E-state index in [2.05, 4.69) is 15.9 Å². The van der Waals surface area contributed by atoms with Crippen molar-refractivity contribution in [2.24, 2.45) is 5.41 Å². The first-order valence-electron chi connectivity index (χ1n) is 5.21. The lowest BCUT2D eigenvalue weighted by Crippen LogP contribution is -2.39. The molecule has 4 heteroatoms. The zero-order chi connectivity index (χ0) is 11.8. The van der Waals surface area contributed by atoms with Gasteiger partial charge in [-0.3, -0.25) is 4.79 Å². The first kappa shape index (κ1) is 11.6. The Morgan fingerprint density at radius 3 is 2.62 bits per heavy atom. The Kier molecular flexibility index (Phi) is 3.02. The Hall–Kier alpha value is -0.900. The van der Waals surface area contributed by atoms with Crippen LogP contribution in [0.5, 0.6) is 0 Å². The standard InChI is InChI=1S/C12H12BrFO2/c13-9-6-8(2-3-10(9)14)7-12(11(15)16)4-1-5-12/h2-3,6H,1,4-5,7H2,(H,15,16). The summed E-state index contributed by atoms with van der Waals surface area (Å²) in [4.78, 5) is 11.2. The van der Waals surface area contributed by atoms with Gasteiger partial charge in [-0.25, -0.2) is 4.39 Å². The van der Waals surface area contributed by atoms with Gasteiger partial charge in [0.05, 0.1) is 9.89 Å². The van der Waals surface area contributed by atoms with E-state index in [1.165, 1.54) is 6.07 Å². The molecule has 0 bridgehead atoms. The molecule has 1 saturated carbocycles. The molecule has 1 aliphatic carbocycles. The summed E-state index contributed by atoms with van der Waals surface area (Å²) in [6.45, 7) is 0. The van der Waals surface area contributed by atoms with Gasteiger partial charge in [-0.1, -0.05) is 12.5 Å². The summed E-state index contributed by atoms with van der Waals surface area (Å²) in [6, 6.07) is 4.69. The second kappa shape index (κ2) is 4.17. The average Bonchev–Trinajstić information content (AvgIpc) is 2.16. The van der Waals surface area contributed by atoms with E-state index < -0.39 is 11.4 Å². The molecule has 0 heterocycles. The van der Waals surface area contributed by atoms with E-state index in [-0.39, 0.29) is 5.82 Å². The first-order chi connectivity index (χ1) is 7.53. The zero-order valence-corrected chi connectivity index (χ0v) is 10.3. The molecule has 1 aromatic rings. The largest absolute Gasteiger partial charge is 0.481 e. The maximum Gasteiger partial charge on any atom is 0.309 e. The number of hydrogen-bond donors (Lipinski definition) is 1. The Balaban J connectivity index is 2.20. The van der Waals surface area contributed by atoms with Gasteiger partial charge in [0.15, 0.2) is 0 Å². The smallest absolute Gasteiger partial charge is 0.309 e. The minimum absolute atomic E-state index is 0.318. The number of hydrogen-bond acceptors (Lipinski definition) is 1. The third-order valence-electron chi connectivity index (χ3n) is 3.29. The molecular formula is C12H12BrFO2. The minimum atomic E-state index is -0.737. The van der Waals surface area contributed by atoms with Crippen molar-refractivity contribution in [1.82, 2.24) is 0 Å². The second-order valence-corrected chi connectivity index (χ2v) is 5.22. The van der Waals surface area contributed by atoms with Gasteiger partial charge in [0.1, 0.15) is 5.82 Å². The molecule has 0 unspecified atom stereocenters. The number of aliphatic carboxylic acids is 1. The van der Waals surface area contributed by atoms with Crippen molar-refractivity contribution in [3.05, 3.63) is 34.1 Å². The van der Waals surface area contributed by atoms with Crippen LogP contribution in [0.4, 0.5) is 4.39 Å². The molecule has 0 atom stereocenters. The summed E-state index contributed by atoms with van der Waals surface area (Å²) in [6.07, 6.45) is 2.89. The fourth-order valence-corrected chi connectivity index (χ4v) is 2.54. The predicted molar refractivity (Wildman–Crippen MR) is 61.7 cm³/mol. The highest BCUT2D eigenvalue weighted by atomic mass is 79.9. The van der Waals surface area contributed by atoms with E-state index in [9.17, 15) is 14.3 Å². The van der Waals surface area contributed by atoms with Gasteiger partial charge in [0, 0.05) is 0 Å². The Labute approximate surface area is 102 Å². The second-order valence-electron chi connectivity index (χ2n) is 4.36. The molecule has 0 radical (unpaired) electrons. The summed E-state index contributed by atoms with van der Waals surface area (Å²) >= 11 is 3.11. The van der Waals surface area contributed by atoms with Gasteiger partial charge >= 0.3 is 5.97 Å². The molecule has 0 aromatic heterocycles. The Morgan fingerprint density at radius 1 is 1.50 bits per heavy atom. The Morgan fingerprint density at radius 2 is 2.19 bits per heavy atom. The maximum absolute atomic E-state index is 13.0. The van der Waals surface area contributed by atoms with E-state index in [0.717, 1.165) is 24.8 Å². The van der Waals surface area contributed by atoms with Crippen LogP contribution in [0, 0.1) is 11.2 Å². The highest BCUT2D eigenvalue weighted by Crippen LogP contribution is 2.44. The molecule has 0 spiro atoms. The van der Waals surface area contributed by atoms with Crippen LogP contribution in [0.1, 0.15) is 24.8 Å². The van der Waals surface area contributed by atoms with Gasteiger partial charge < -0.3 is 5.11 Å². The van der Waals surface area contributed by atoms with Crippen molar-refractivity contribution in [1.29, 1.82) is 0 Å². The third-order valence-corrected chi connectivity index (χ3v) is 3.90. The monoisotopic (exact) mass is 286 g/mol. The van der Waals surface area contributed by atoms with E-state index in [1.807, 2.05) is 0 Å². The molecule has 2 nitrogen and oxygen atoms in total. The van der Waals surface area contributed by atoms with E-state index in [4.69, 9.17) is 0 Å². The van der Waals surface area contributed by atoms with Gasteiger partial charge in [-0.2, -0.15) is 0 Å². The SMILES string of the molecule is O=C(O)C1(Cc2ccc(F)c(Br)c2)CCC1. The van der Waals surface area contributed by atoms with Crippen molar-refractivity contribution >= 4 is 21.9 Å². The van der Waals surface area contributed by atoms with Gasteiger partial charge in [-0.15, -0.1) is 0 Å². The van der Waals surface area contributed by atoms with Gasteiger partial charge in [-0.05, 0) is 52.9 Å². The van der Waals surface area contributed by atoms with Crippen LogP contribution >= 0.6 is 15.9 Å². The normalized spacial score (nSPS) is 17.9. The molecule has 86 valence electrons. The predicted octanol–water partition coefficient (Wildman–Crippen LogP) is 3.39. The molecule has 1 fully saturated rings. The van der Waals surface area contributed by atoms with Crippen LogP contribution in [0.25, 0.3) is 0 Å². The maximum atomic E-state index is 13.0. The van der Waals surface area contributed by atoms with Crippen LogP contribution in [-0.4, -0.2) is 11.1 Å². The lowest BCUT2D eigenvalue weighted by molar-refractivity contribution is -0.154. The van der Waals surface area contributed by atoms with Crippen molar-refractivity contribution in [3.63, 3.8) is 0 Å². The van der Waals surface area contributed by atoms with E-state index in [0.29, 0.717) is 10.9 Å². The number of benzene rings is 1. The Bertz CT molecular complexity index is 427. The molecule has 2 rings (SSSR count). The fraction of sp³-hybridized carbons (Fsp3) is 0.417. The van der Waals surface area contributed by atoms with E-state index >= 15 is 0 Å². The van der Waals surface area contributed by atoms with Crippen LogP contribution in [0.2, 0.25) is 0 Å². The minimum Gasteiger partial charge on any atom is -0.481 e. The van der Waals surface area contributed by atoms with Crippen molar-refractivity contribution in [2.75, 3.05) is 0 Å². The number of carbonyl (C=O) groups is 1. The first-order valence-corrected chi connectivity index (χ1v) is 6.00. The molecule has 1 aliphatic rings. The van der Waals surface area contributed by atoms with Gasteiger partial charge in [0.25, 0.3) is 0 Å². The number of rotatable bonds is 3. The molecule has 0 saturated heterocycles. The fourth-order valence-electron chi connectivity index (χ4n) is 2.11. The van der Waals surface area contributed by atoms with Gasteiger partial charge in [0.2, 0.25) is 0 Å².